The topological polar surface area (TPSA) is 27.7 Å². The van der Waals surface area contributed by atoms with E-state index in [1.54, 1.807) is 0 Å². The first-order valence-electron chi connectivity index (χ1n) is 8.95. The van der Waals surface area contributed by atoms with Crippen LogP contribution in [0.25, 0.3) is 0 Å². The summed E-state index contributed by atoms with van der Waals surface area (Å²) in [4.78, 5) is 0. The molecule has 0 radical (unpaired) electrons. The van der Waals surface area contributed by atoms with Gasteiger partial charge in [-0.05, 0) is 22.7 Å². The van der Waals surface area contributed by atoms with Crippen molar-refractivity contribution in [2.24, 2.45) is 0 Å². The normalized spacial score (nSPS) is 26.7. The van der Waals surface area contributed by atoms with Crippen LogP contribution in [-0.4, -0.2) is 20.9 Å². The van der Waals surface area contributed by atoms with Gasteiger partial charge in [0.25, 0.3) is 0 Å². The molecule has 0 aromatic heterocycles. The van der Waals surface area contributed by atoms with Crippen molar-refractivity contribution in [1.82, 2.24) is 0 Å². The van der Waals surface area contributed by atoms with Gasteiger partial charge in [-0.3, -0.25) is 0 Å². The van der Waals surface area contributed by atoms with Crippen molar-refractivity contribution in [3.05, 3.63) is 29.8 Å². The molecule has 0 spiro atoms. The summed E-state index contributed by atoms with van der Waals surface area (Å²) in [7, 11) is -1.95. The third-order valence-corrected chi connectivity index (χ3v) is 11.7. The minimum absolute atomic E-state index is 0.155. The van der Waals surface area contributed by atoms with Gasteiger partial charge in [-0.1, -0.05) is 59.7 Å². The highest BCUT2D eigenvalue weighted by Gasteiger charge is 2.52. The van der Waals surface area contributed by atoms with Gasteiger partial charge in [-0.25, -0.2) is 0 Å². The molecule has 0 saturated carbocycles. The second-order valence-corrected chi connectivity index (χ2v) is 13.3. The van der Waals surface area contributed by atoms with Crippen molar-refractivity contribution in [3.63, 3.8) is 0 Å². The molecule has 2 aliphatic heterocycles. The predicted molar refractivity (Wildman–Crippen MR) is 95.2 cm³/mol. The van der Waals surface area contributed by atoms with Gasteiger partial charge in [-0.2, -0.15) is 0 Å². The fourth-order valence-electron chi connectivity index (χ4n) is 4.72. The van der Waals surface area contributed by atoms with Gasteiger partial charge in [0.2, 0.25) is 14.6 Å². The zero-order valence-electron chi connectivity index (χ0n) is 15.2. The lowest BCUT2D eigenvalue weighted by Gasteiger charge is -2.44. The van der Waals surface area contributed by atoms with E-state index in [1.165, 1.54) is 5.56 Å². The third-order valence-electron chi connectivity index (χ3n) is 5.67. The number of hydrogen-bond acceptors (Lipinski definition) is 3. The molecule has 0 unspecified atom stereocenters. The molecular formula is C19H30O3Si. The Bertz CT molecular complexity index is 534. The molecule has 3 rings (SSSR count). The van der Waals surface area contributed by atoms with Crippen LogP contribution in [0.2, 0.25) is 16.6 Å². The van der Waals surface area contributed by atoms with Gasteiger partial charge in [0.05, 0.1) is 0 Å². The number of benzene rings is 1. The van der Waals surface area contributed by atoms with E-state index in [4.69, 9.17) is 13.9 Å². The molecule has 2 aliphatic rings. The second kappa shape index (κ2) is 6.23. The molecule has 3 nitrogen and oxygen atoms in total. The van der Waals surface area contributed by atoms with Gasteiger partial charge >= 0.3 is 0 Å². The van der Waals surface area contributed by atoms with E-state index < -0.39 is 8.32 Å². The Morgan fingerprint density at radius 2 is 1.61 bits per heavy atom. The Morgan fingerprint density at radius 1 is 1.00 bits per heavy atom. The van der Waals surface area contributed by atoms with E-state index in [-0.39, 0.29) is 12.6 Å². The van der Waals surface area contributed by atoms with E-state index in [9.17, 15) is 0 Å². The third kappa shape index (κ3) is 2.75. The zero-order chi connectivity index (χ0) is 16.8. The molecule has 23 heavy (non-hydrogen) atoms. The highest BCUT2D eigenvalue weighted by atomic mass is 28.4. The van der Waals surface area contributed by atoms with Crippen LogP contribution in [0.4, 0.5) is 0 Å². The van der Waals surface area contributed by atoms with Crippen LogP contribution in [-0.2, 0) is 9.16 Å². The maximum absolute atomic E-state index is 6.89. The standard InChI is InChI=1S/C19H30O3Si/c1-12(2)23(13(3)4,14(5)6)22-19-16-11-18(21-19)20-17-10-8-7-9-15(16)17/h7-10,12-14,16,18-19H,11H2,1-6H3/t16-,18+,19-/m0/s1. The van der Waals surface area contributed by atoms with E-state index in [2.05, 4.69) is 53.7 Å². The molecule has 0 N–H and O–H groups in total. The first-order valence-corrected chi connectivity index (χ1v) is 11.1. The van der Waals surface area contributed by atoms with E-state index >= 15 is 0 Å². The van der Waals surface area contributed by atoms with Crippen molar-refractivity contribution >= 4 is 8.32 Å². The maximum atomic E-state index is 6.89. The molecule has 1 aromatic rings. The molecule has 128 valence electrons. The lowest BCUT2D eigenvalue weighted by Crippen LogP contribution is -2.50. The summed E-state index contributed by atoms with van der Waals surface area (Å²) in [5.74, 6) is 1.26. The van der Waals surface area contributed by atoms with E-state index in [0.717, 1.165) is 12.2 Å². The van der Waals surface area contributed by atoms with Crippen molar-refractivity contribution in [2.75, 3.05) is 0 Å². The minimum atomic E-state index is -1.95. The number of rotatable bonds is 5. The number of para-hydroxylation sites is 1. The van der Waals surface area contributed by atoms with Crippen molar-refractivity contribution < 1.29 is 13.9 Å². The Kier molecular flexibility index (Phi) is 4.60. The van der Waals surface area contributed by atoms with Gasteiger partial charge in [0.15, 0.2) is 6.29 Å². The minimum Gasteiger partial charge on any atom is -0.465 e. The molecule has 4 heteroatoms. The maximum Gasteiger partial charge on any atom is 0.203 e. The number of ether oxygens (including phenoxy) is 2. The number of hydrogen-bond donors (Lipinski definition) is 0. The van der Waals surface area contributed by atoms with E-state index in [1.807, 2.05) is 12.1 Å². The van der Waals surface area contributed by atoms with Gasteiger partial charge < -0.3 is 13.9 Å². The van der Waals surface area contributed by atoms with Crippen LogP contribution in [0, 0.1) is 0 Å². The molecule has 1 saturated heterocycles. The molecular weight excluding hydrogens is 304 g/mol. The van der Waals surface area contributed by atoms with Crippen molar-refractivity contribution in [1.29, 1.82) is 0 Å². The van der Waals surface area contributed by atoms with Crippen LogP contribution in [0.1, 0.15) is 59.4 Å². The van der Waals surface area contributed by atoms with Crippen LogP contribution in [0.15, 0.2) is 24.3 Å². The van der Waals surface area contributed by atoms with Gasteiger partial charge in [-0.15, -0.1) is 0 Å². The summed E-state index contributed by atoms with van der Waals surface area (Å²) in [6.07, 6.45) is 0.584. The first-order chi connectivity index (χ1) is 10.9. The molecule has 2 bridgehead atoms. The quantitative estimate of drug-likeness (QED) is 0.672. The van der Waals surface area contributed by atoms with Crippen LogP contribution < -0.4 is 4.74 Å². The van der Waals surface area contributed by atoms with Crippen LogP contribution in [0.3, 0.4) is 0 Å². The number of fused-ring (bicyclic) bond motifs is 4. The summed E-state index contributed by atoms with van der Waals surface area (Å²) >= 11 is 0. The fraction of sp³-hybridized carbons (Fsp3) is 0.684. The first kappa shape index (κ1) is 17.0. The molecule has 0 aliphatic carbocycles. The predicted octanol–water partition coefficient (Wildman–Crippen LogP) is 5.43. The molecule has 1 aromatic carbocycles. The highest BCUT2D eigenvalue weighted by Crippen LogP contribution is 2.50. The highest BCUT2D eigenvalue weighted by molar-refractivity contribution is 6.77. The lowest BCUT2D eigenvalue weighted by atomic mass is 9.94. The average molecular weight is 335 g/mol. The van der Waals surface area contributed by atoms with Crippen molar-refractivity contribution in [2.45, 2.75) is 83.1 Å². The molecule has 2 heterocycles. The molecule has 3 atom stereocenters. The average Bonchev–Trinajstić information content (AvgIpc) is 2.80. The van der Waals surface area contributed by atoms with Crippen LogP contribution in [0.5, 0.6) is 5.75 Å². The SMILES string of the molecule is CC(C)[Si](O[C@@H]1O[C@@H]2C[C@H]1c1ccccc1O2)(C(C)C)C(C)C. The summed E-state index contributed by atoms with van der Waals surface area (Å²) in [6.45, 7) is 13.9. The van der Waals surface area contributed by atoms with E-state index in [0.29, 0.717) is 22.5 Å². The smallest absolute Gasteiger partial charge is 0.203 e. The Balaban J connectivity index is 1.91. The zero-order valence-corrected chi connectivity index (χ0v) is 16.2. The summed E-state index contributed by atoms with van der Waals surface area (Å²) in [5.41, 5.74) is 2.92. The summed E-state index contributed by atoms with van der Waals surface area (Å²) in [6, 6.07) is 8.30. The largest absolute Gasteiger partial charge is 0.465 e. The van der Waals surface area contributed by atoms with Crippen LogP contribution >= 0.6 is 0 Å². The Labute approximate surface area is 141 Å². The van der Waals surface area contributed by atoms with Gasteiger partial charge in [0.1, 0.15) is 5.75 Å². The lowest BCUT2D eigenvalue weighted by molar-refractivity contribution is -0.141. The van der Waals surface area contributed by atoms with Crippen molar-refractivity contribution in [3.8, 4) is 5.75 Å². The Hall–Kier alpha value is -0.843. The Morgan fingerprint density at radius 3 is 2.22 bits per heavy atom. The van der Waals surface area contributed by atoms with Gasteiger partial charge in [0, 0.05) is 17.9 Å². The summed E-state index contributed by atoms with van der Waals surface area (Å²) < 4.78 is 19.0. The second-order valence-electron chi connectivity index (χ2n) is 7.87. The monoisotopic (exact) mass is 334 g/mol. The molecule has 1 fully saturated rings. The summed E-state index contributed by atoms with van der Waals surface area (Å²) in [5, 5.41) is 0. The molecule has 0 amide bonds. The fourth-order valence-corrected chi connectivity index (χ4v) is 10.2.